The van der Waals surface area contributed by atoms with Crippen molar-refractivity contribution in [3.05, 3.63) is 60.2 Å². The molecule has 0 heterocycles. The van der Waals surface area contributed by atoms with Crippen molar-refractivity contribution in [3.8, 4) is 0 Å². The number of hydrogen-bond acceptors (Lipinski definition) is 2. The molecule has 0 bridgehead atoms. The summed E-state index contributed by atoms with van der Waals surface area (Å²) in [5, 5.41) is 8.97. The Hall–Kier alpha value is -1.87. The fourth-order valence-corrected chi connectivity index (χ4v) is 1.89. The summed E-state index contributed by atoms with van der Waals surface area (Å²) in [4.78, 5) is 13.1. The van der Waals surface area contributed by atoms with Gasteiger partial charge in [-0.25, -0.2) is 4.79 Å². The van der Waals surface area contributed by atoms with Gasteiger partial charge in [-0.3, -0.25) is 4.90 Å². The van der Waals surface area contributed by atoms with E-state index >= 15 is 0 Å². The van der Waals surface area contributed by atoms with Gasteiger partial charge in [-0.15, -0.1) is 13.2 Å². The van der Waals surface area contributed by atoms with Crippen LogP contribution in [0, 0.1) is 6.92 Å². The molecule has 3 heteroatoms. The van der Waals surface area contributed by atoms with Crippen molar-refractivity contribution in [1.29, 1.82) is 0 Å². The van der Waals surface area contributed by atoms with Crippen molar-refractivity contribution in [2.24, 2.45) is 0 Å². The Labute approximate surface area is 108 Å². The topological polar surface area (TPSA) is 40.5 Å². The minimum Gasteiger partial charge on any atom is -0.478 e. The highest BCUT2D eigenvalue weighted by molar-refractivity contribution is 5.89. The lowest BCUT2D eigenvalue weighted by Gasteiger charge is -2.19. The maximum atomic E-state index is 10.9. The summed E-state index contributed by atoms with van der Waals surface area (Å²) in [6, 6.07) is 5.44. The number of rotatable bonds is 7. The highest BCUT2D eigenvalue weighted by Crippen LogP contribution is 2.13. The van der Waals surface area contributed by atoms with Crippen LogP contribution in [0.5, 0.6) is 0 Å². The molecule has 0 unspecified atom stereocenters. The molecule has 1 aromatic carbocycles. The zero-order valence-corrected chi connectivity index (χ0v) is 10.7. The molecule has 3 nitrogen and oxygen atoms in total. The van der Waals surface area contributed by atoms with Crippen LogP contribution < -0.4 is 0 Å². The van der Waals surface area contributed by atoms with Crippen molar-refractivity contribution in [3.63, 3.8) is 0 Å². The molecule has 1 aromatic rings. The molecule has 0 aliphatic heterocycles. The average molecular weight is 245 g/mol. The van der Waals surface area contributed by atoms with E-state index in [1.54, 1.807) is 6.07 Å². The summed E-state index contributed by atoms with van der Waals surface area (Å²) >= 11 is 0. The van der Waals surface area contributed by atoms with Gasteiger partial charge < -0.3 is 5.11 Å². The molecule has 0 aliphatic carbocycles. The van der Waals surface area contributed by atoms with Crippen LogP contribution in [0.15, 0.2) is 43.5 Å². The second kappa shape index (κ2) is 6.77. The standard InChI is InChI=1S/C15H19NO2/c1-4-8-16(9-5-2)11-13-6-7-14(15(17)18)12(3)10-13/h4-7,10H,1-2,8-9,11H2,3H3,(H,17,18). The van der Waals surface area contributed by atoms with E-state index in [0.29, 0.717) is 5.56 Å². The van der Waals surface area contributed by atoms with Gasteiger partial charge in [-0.1, -0.05) is 24.3 Å². The van der Waals surface area contributed by atoms with E-state index in [1.807, 2.05) is 31.2 Å². The van der Waals surface area contributed by atoms with Gasteiger partial charge in [0.1, 0.15) is 0 Å². The van der Waals surface area contributed by atoms with Crippen LogP contribution in [0.1, 0.15) is 21.5 Å². The quantitative estimate of drug-likeness (QED) is 0.751. The number of hydrogen-bond donors (Lipinski definition) is 1. The van der Waals surface area contributed by atoms with E-state index in [4.69, 9.17) is 5.11 Å². The van der Waals surface area contributed by atoms with Crippen LogP contribution in [0.2, 0.25) is 0 Å². The number of nitrogens with zero attached hydrogens (tertiary/aromatic N) is 1. The lowest BCUT2D eigenvalue weighted by molar-refractivity contribution is 0.0696. The molecule has 0 saturated carbocycles. The van der Waals surface area contributed by atoms with Crippen molar-refractivity contribution < 1.29 is 9.90 Å². The number of carbonyl (C=O) groups is 1. The van der Waals surface area contributed by atoms with Crippen molar-refractivity contribution in [1.82, 2.24) is 4.90 Å². The van der Waals surface area contributed by atoms with Gasteiger partial charge >= 0.3 is 5.97 Å². The molecule has 96 valence electrons. The number of carboxylic acid groups (broad SMARTS) is 1. The third-order valence-corrected chi connectivity index (χ3v) is 2.70. The fraction of sp³-hybridized carbons (Fsp3) is 0.267. The predicted octanol–water partition coefficient (Wildman–Crippen LogP) is 2.87. The molecule has 0 spiro atoms. The smallest absolute Gasteiger partial charge is 0.335 e. The Morgan fingerprint density at radius 1 is 1.33 bits per heavy atom. The molecule has 0 atom stereocenters. The predicted molar refractivity (Wildman–Crippen MR) is 73.8 cm³/mol. The molecule has 0 saturated heterocycles. The van der Waals surface area contributed by atoms with Crippen molar-refractivity contribution in [2.45, 2.75) is 13.5 Å². The first kappa shape index (κ1) is 14.2. The van der Waals surface area contributed by atoms with Crippen LogP contribution in [-0.4, -0.2) is 29.1 Å². The zero-order valence-electron chi connectivity index (χ0n) is 10.7. The van der Waals surface area contributed by atoms with Gasteiger partial charge in [-0.05, 0) is 24.1 Å². The van der Waals surface area contributed by atoms with Gasteiger partial charge in [0.15, 0.2) is 0 Å². The Bertz CT molecular complexity index is 442. The average Bonchev–Trinajstić information content (AvgIpc) is 2.29. The molecule has 0 amide bonds. The molecule has 0 radical (unpaired) electrons. The van der Waals surface area contributed by atoms with E-state index < -0.39 is 5.97 Å². The van der Waals surface area contributed by atoms with E-state index in [2.05, 4.69) is 18.1 Å². The van der Waals surface area contributed by atoms with Gasteiger partial charge in [0.25, 0.3) is 0 Å². The Balaban J connectivity index is 2.83. The van der Waals surface area contributed by atoms with Gasteiger partial charge in [0.2, 0.25) is 0 Å². The summed E-state index contributed by atoms with van der Waals surface area (Å²) < 4.78 is 0. The van der Waals surface area contributed by atoms with E-state index in [1.165, 1.54) is 0 Å². The molecule has 0 fully saturated rings. The number of benzene rings is 1. The van der Waals surface area contributed by atoms with Crippen LogP contribution in [0.3, 0.4) is 0 Å². The second-order valence-electron chi connectivity index (χ2n) is 4.23. The van der Waals surface area contributed by atoms with Crippen molar-refractivity contribution in [2.75, 3.05) is 13.1 Å². The maximum Gasteiger partial charge on any atom is 0.335 e. The Morgan fingerprint density at radius 3 is 2.39 bits per heavy atom. The Kier molecular flexibility index (Phi) is 5.33. The lowest BCUT2D eigenvalue weighted by Crippen LogP contribution is -2.23. The van der Waals surface area contributed by atoms with E-state index in [0.717, 1.165) is 30.8 Å². The first-order valence-corrected chi connectivity index (χ1v) is 5.85. The number of aromatic carboxylic acids is 1. The lowest BCUT2D eigenvalue weighted by atomic mass is 10.0. The summed E-state index contributed by atoms with van der Waals surface area (Å²) in [5.41, 5.74) is 2.25. The highest BCUT2D eigenvalue weighted by atomic mass is 16.4. The largest absolute Gasteiger partial charge is 0.478 e. The van der Waals surface area contributed by atoms with Crippen molar-refractivity contribution >= 4 is 5.97 Å². The molecule has 0 aliphatic rings. The number of aryl methyl sites for hydroxylation is 1. The second-order valence-corrected chi connectivity index (χ2v) is 4.23. The fourth-order valence-electron chi connectivity index (χ4n) is 1.89. The summed E-state index contributed by atoms with van der Waals surface area (Å²) in [6.45, 7) is 11.6. The molecular formula is C15H19NO2. The molecule has 0 aromatic heterocycles. The third kappa shape index (κ3) is 3.86. The molecule has 1 rings (SSSR count). The third-order valence-electron chi connectivity index (χ3n) is 2.70. The summed E-state index contributed by atoms with van der Waals surface area (Å²) in [7, 11) is 0. The summed E-state index contributed by atoms with van der Waals surface area (Å²) in [6.07, 6.45) is 3.70. The minimum absolute atomic E-state index is 0.359. The van der Waals surface area contributed by atoms with Crippen LogP contribution >= 0.6 is 0 Å². The molecule has 1 N–H and O–H groups in total. The van der Waals surface area contributed by atoms with E-state index in [-0.39, 0.29) is 0 Å². The first-order chi connectivity index (χ1) is 8.58. The minimum atomic E-state index is -0.881. The molecule has 18 heavy (non-hydrogen) atoms. The van der Waals surface area contributed by atoms with E-state index in [9.17, 15) is 4.79 Å². The summed E-state index contributed by atoms with van der Waals surface area (Å²) in [5.74, 6) is -0.881. The van der Waals surface area contributed by atoms with Crippen LogP contribution in [-0.2, 0) is 6.54 Å². The number of carboxylic acids is 1. The van der Waals surface area contributed by atoms with Gasteiger partial charge in [-0.2, -0.15) is 0 Å². The van der Waals surface area contributed by atoms with Gasteiger partial charge in [0.05, 0.1) is 5.56 Å². The SMILES string of the molecule is C=CCN(CC=C)Cc1ccc(C(=O)O)c(C)c1. The monoisotopic (exact) mass is 245 g/mol. The van der Waals surface area contributed by atoms with Crippen LogP contribution in [0.4, 0.5) is 0 Å². The maximum absolute atomic E-state index is 10.9. The molecular weight excluding hydrogens is 226 g/mol. The van der Waals surface area contributed by atoms with Gasteiger partial charge in [0, 0.05) is 19.6 Å². The zero-order chi connectivity index (χ0) is 13.5. The first-order valence-electron chi connectivity index (χ1n) is 5.85. The van der Waals surface area contributed by atoms with Crippen LogP contribution in [0.25, 0.3) is 0 Å². The Morgan fingerprint density at radius 2 is 1.94 bits per heavy atom. The highest BCUT2D eigenvalue weighted by Gasteiger charge is 2.08. The normalized spacial score (nSPS) is 10.3.